The van der Waals surface area contributed by atoms with Crippen molar-refractivity contribution < 1.29 is 4.79 Å². The largest absolute Gasteiger partial charge is 0.397 e. The Balaban J connectivity index is 1.36. The van der Waals surface area contributed by atoms with Gasteiger partial charge in [0, 0.05) is 23.3 Å². The number of hydrogen-bond donors (Lipinski definition) is 1. The summed E-state index contributed by atoms with van der Waals surface area (Å²) in [4.78, 5) is 21.9. The quantitative estimate of drug-likeness (QED) is 0.433. The first-order chi connectivity index (χ1) is 15.7. The second-order valence-electron chi connectivity index (χ2n) is 8.83. The minimum Gasteiger partial charge on any atom is -0.397 e. The van der Waals surface area contributed by atoms with Crippen LogP contribution in [0.1, 0.15) is 50.8 Å². The van der Waals surface area contributed by atoms with Gasteiger partial charge in [-0.1, -0.05) is 48.5 Å². The minimum atomic E-state index is -0.00205. The number of nitrogens with zero attached hydrogens (tertiary/aromatic N) is 2. The third-order valence-electron chi connectivity index (χ3n) is 6.91. The van der Waals surface area contributed by atoms with Crippen molar-refractivity contribution in [3.8, 4) is 0 Å². The van der Waals surface area contributed by atoms with Gasteiger partial charge in [0.2, 0.25) is 0 Å². The zero-order chi connectivity index (χ0) is 21.7. The Kier molecular flexibility index (Phi) is 4.72. The van der Waals surface area contributed by atoms with Crippen molar-refractivity contribution in [2.75, 3.05) is 17.2 Å². The lowest BCUT2D eigenvalue weighted by Crippen LogP contribution is -2.35. The van der Waals surface area contributed by atoms with Crippen LogP contribution in [0.5, 0.6) is 0 Å². The number of pyridine rings is 1. The van der Waals surface area contributed by atoms with Gasteiger partial charge in [-0.3, -0.25) is 4.79 Å². The second-order valence-corrected chi connectivity index (χ2v) is 9.83. The number of benzene rings is 2. The van der Waals surface area contributed by atoms with Crippen molar-refractivity contribution in [2.45, 2.75) is 38.0 Å². The molecule has 4 nitrogen and oxygen atoms in total. The standard InChI is InChI=1S/C27H25N3OS/c28-24-21-16-20-15-19(17-7-2-1-3-8-17)12-13-22(20)29-26(21)32-25(24)27(31)30-14-6-10-18-9-4-5-11-23(18)30/h1-5,7-9,11,16,19H,6,10,12-15,28H2. The van der Waals surface area contributed by atoms with Gasteiger partial charge < -0.3 is 10.6 Å². The van der Waals surface area contributed by atoms with Gasteiger partial charge in [0.1, 0.15) is 9.71 Å². The molecule has 1 unspecified atom stereocenters. The molecule has 0 bridgehead atoms. The summed E-state index contributed by atoms with van der Waals surface area (Å²) in [5, 5.41) is 0.927. The summed E-state index contributed by atoms with van der Waals surface area (Å²) in [7, 11) is 0. The van der Waals surface area contributed by atoms with E-state index in [1.54, 1.807) is 0 Å². The number of anilines is 2. The molecule has 0 radical (unpaired) electrons. The molecule has 4 aromatic rings. The van der Waals surface area contributed by atoms with Crippen molar-refractivity contribution in [1.82, 2.24) is 4.98 Å². The topological polar surface area (TPSA) is 59.2 Å². The average molecular weight is 440 g/mol. The molecule has 0 spiro atoms. The SMILES string of the molecule is Nc1c(C(=O)N2CCCc3ccccc32)sc2nc3c(cc12)CC(c1ccccc1)CC3. The summed E-state index contributed by atoms with van der Waals surface area (Å²) in [6, 6.07) is 21.1. The Labute approximate surface area is 191 Å². The third-order valence-corrected chi connectivity index (χ3v) is 8.01. The fraction of sp³-hybridized carbons (Fsp3) is 0.259. The van der Waals surface area contributed by atoms with Crippen LogP contribution in [0.25, 0.3) is 10.2 Å². The predicted molar refractivity (Wildman–Crippen MR) is 132 cm³/mol. The Morgan fingerprint density at radius 1 is 1.03 bits per heavy atom. The molecule has 1 aliphatic carbocycles. The molecule has 160 valence electrons. The maximum absolute atomic E-state index is 13.5. The third kappa shape index (κ3) is 3.19. The number of aryl methyl sites for hydroxylation is 2. The summed E-state index contributed by atoms with van der Waals surface area (Å²) in [5.41, 5.74) is 13.2. The number of thiophene rings is 1. The highest BCUT2D eigenvalue weighted by molar-refractivity contribution is 7.21. The summed E-state index contributed by atoms with van der Waals surface area (Å²) >= 11 is 1.44. The molecule has 1 amide bonds. The molecule has 5 heteroatoms. The monoisotopic (exact) mass is 439 g/mol. The summed E-state index contributed by atoms with van der Waals surface area (Å²) in [5.74, 6) is 0.506. The average Bonchev–Trinajstić information content (AvgIpc) is 3.17. The summed E-state index contributed by atoms with van der Waals surface area (Å²) < 4.78 is 0. The number of para-hydroxylation sites is 1. The zero-order valence-corrected chi connectivity index (χ0v) is 18.7. The lowest BCUT2D eigenvalue weighted by molar-refractivity contribution is 0.0990. The molecule has 2 aliphatic rings. The van der Waals surface area contributed by atoms with E-state index in [-0.39, 0.29) is 5.91 Å². The molecule has 1 aliphatic heterocycles. The Bertz CT molecular complexity index is 1330. The van der Waals surface area contributed by atoms with Crippen molar-refractivity contribution in [3.05, 3.63) is 87.9 Å². The first-order valence-electron chi connectivity index (χ1n) is 11.3. The zero-order valence-electron chi connectivity index (χ0n) is 17.9. The van der Waals surface area contributed by atoms with Crippen LogP contribution in [0, 0.1) is 0 Å². The number of aromatic nitrogens is 1. The first kappa shape index (κ1) is 19.5. The maximum atomic E-state index is 13.5. The predicted octanol–water partition coefficient (Wildman–Crippen LogP) is 5.74. The van der Waals surface area contributed by atoms with Crippen LogP contribution in [0.15, 0.2) is 60.7 Å². The second kappa shape index (κ2) is 7.75. The van der Waals surface area contributed by atoms with Gasteiger partial charge in [0.05, 0.1) is 5.69 Å². The van der Waals surface area contributed by atoms with Crippen LogP contribution in [-0.2, 0) is 19.3 Å². The molecule has 1 atom stereocenters. The number of fused-ring (bicyclic) bond motifs is 3. The number of carbonyl (C=O) groups is 1. The van der Waals surface area contributed by atoms with Crippen LogP contribution in [0.4, 0.5) is 11.4 Å². The van der Waals surface area contributed by atoms with E-state index in [1.165, 1.54) is 28.0 Å². The molecular weight excluding hydrogens is 414 g/mol. The highest BCUT2D eigenvalue weighted by atomic mass is 32.1. The van der Waals surface area contributed by atoms with Crippen molar-refractivity contribution in [2.24, 2.45) is 0 Å². The fourth-order valence-corrected chi connectivity index (χ4v) is 6.27. The minimum absolute atomic E-state index is 0.00205. The van der Waals surface area contributed by atoms with E-state index in [9.17, 15) is 4.79 Å². The van der Waals surface area contributed by atoms with Gasteiger partial charge in [-0.05, 0) is 66.8 Å². The highest BCUT2D eigenvalue weighted by Gasteiger charge is 2.29. The van der Waals surface area contributed by atoms with E-state index in [2.05, 4.69) is 42.5 Å². The smallest absolute Gasteiger partial charge is 0.270 e. The van der Waals surface area contributed by atoms with Crippen molar-refractivity contribution in [3.63, 3.8) is 0 Å². The lowest BCUT2D eigenvalue weighted by Gasteiger charge is -2.29. The van der Waals surface area contributed by atoms with E-state index in [1.807, 2.05) is 23.1 Å². The summed E-state index contributed by atoms with van der Waals surface area (Å²) in [6.45, 7) is 0.728. The van der Waals surface area contributed by atoms with E-state index in [0.29, 0.717) is 16.5 Å². The molecular formula is C27H25N3OS. The Morgan fingerprint density at radius 3 is 2.72 bits per heavy atom. The molecule has 0 saturated carbocycles. The number of amides is 1. The van der Waals surface area contributed by atoms with Crippen LogP contribution < -0.4 is 10.6 Å². The van der Waals surface area contributed by atoms with Gasteiger partial charge in [-0.25, -0.2) is 4.98 Å². The van der Waals surface area contributed by atoms with Gasteiger partial charge in [0.15, 0.2) is 0 Å². The van der Waals surface area contributed by atoms with Gasteiger partial charge in [-0.15, -0.1) is 11.3 Å². The Hall–Kier alpha value is -3.18. The molecule has 3 heterocycles. The molecule has 6 rings (SSSR count). The van der Waals surface area contributed by atoms with Crippen molar-refractivity contribution in [1.29, 1.82) is 0 Å². The van der Waals surface area contributed by atoms with Crippen LogP contribution in [-0.4, -0.2) is 17.4 Å². The fourth-order valence-electron chi connectivity index (χ4n) is 5.23. The molecule has 2 N–H and O–H groups in total. The first-order valence-corrected chi connectivity index (χ1v) is 12.2. The normalized spacial score (nSPS) is 17.8. The van der Waals surface area contributed by atoms with Crippen LogP contribution >= 0.6 is 11.3 Å². The van der Waals surface area contributed by atoms with E-state index in [4.69, 9.17) is 10.7 Å². The Morgan fingerprint density at radius 2 is 1.84 bits per heavy atom. The number of hydrogen-bond acceptors (Lipinski definition) is 4. The number of carbonyl (C=O) groups excluding carboxylic acids is 1. The van der Waals surface area contributed by atoms with Gasteiger partial charge >= 0.3 is 0 Å². The molecule has 0 saturated heterocycles. The maximum Gasteiger partial charge on any atom is 0.270 e. The molecule has 2 aromatic carbocycles. The molecule has 0 fully saturated rings. The highest BCUT2D eigenvalue weighted by Crippen LogP contribution is 2.40. The number of nitrogens with two attached hydrogens (primary N) is 1. The number of nitrogen functional groups attached to an aromatic ring is 1. The molecule has 2 aromatic heterocycles. The van der Waals surface area contributed by atoms with Crippen LogP contribution in [0.2, 0.25) is 0 Å². The van der Waals surface area contributed by atoms with Crippen molar-refractivity contribution >= 4 is 38.8 Å². The van der Waals surface area contributed by atoms with Gasteiger partial charge in [0.25, 0.3) is 5.91 Å². The van der Waals surface area contributed by atoms with E-state index in [0.717, 1.165) is 60.2 Å². The van der Waals surface area contributed by atoms with Crippen LogP contribution in [0.3, 0.4) is 0 Å². The molecule has 32 heavy (non-hydrogen) atoms. The van der Waals surface area contributed by atoms with E-state index < -0.39 is 0 Å². The summed E-state index contributed by atoms with van der Waals surface area (Å²) in [6.07, 6.45) is 5.03. The van der Waals surface area contributed by atoms with E-state index >= 15 is 0 Å². The van der Waals surface area contributed by atoms with Gasteiger partial charge in [-0.2, -0.15) is 0 Å². The number of rotatable bonds is 2. The lowest BCUT2D eigenvalue weighted by atomic mass is 9.82.